The highest BCUT2D eigenvalue weighted by Gasteiger charge is 2.10. The van der Waals surface area contributed by atoms with Gasteiger partial charge in [0.25, 0.3) is 0 Å². The summed E-state index contributed by atoms with van der Waals surface area (Å²) in [5.41, 5.74) is 6.85. The van der Waals surface area contributed by atoms with E-state index in [2.05, 4.69) is 12.1 Å². The second-order valence-electron chi connectivity index (χ2n) is 4.03. The van der Waals surface area contributed by atoms with Crippen molar-refractivity contribution in [2.45, 2.75) is 18.6 Å². The third-order valence-electron chi connectivity index (χ3n) is 2.58. The molecule has 0 aliphatic rings. The summed E-state index contributed by atoms with van der Waals surface area (Å²) in [5, 5.41) is 8.69. The van der Waals surface area contributed by atoms with Gasteiger partial charge in [-0.05, 0) is 30.2 Å². The number of aliphatic carboxylic acids is 1. The lowest BCUT2D eigenvalue weighted by Crippen LogP contribution is -2.18. The quantitative estimate of drug-likeness (QED) is 0.698. The first-order valence-corrected chi connectivity index (χ1v) is 6.91. The van der Waals surface area contributed by atoms with Crippen molar-refractivity contribution in [2.24, 2.45) is 11.7 Å². The Morgan fingerprint density at radius 2 is 2.06 bits per heavy atom. The maximum atomic E-state index is 10.6. The smallest absolute Gasteiger partial charge is 0.303 e. The number of carboxylic acids is 1. The van der Waals surface area contributed by atoms with Crippen LogP contribution in [0.1, 0.15) is 18.4 Å². The van der Waals surface area contributed by atoms with Crippen molar-refractivity contribution in [3.63, 3.8) is 0 Å². The van der Waals surface area contributed by atoms with Crippen LogP contribution >= 0.6 is 11.8 Å². The number of hydrogen-bond acceptors (Lipinski definition) is 3. The second kappa shape index (κ2) is 8.14. The van der Waals surface area contributed by atoms with Crippen LogP contribution in [0, 0.1) is 5.92 Å². The minimum atomic E-state index is -0.756. The molecule has 0 amide bonds. The number of hydrogen-bond donors (Lipinski definition) is 2. The Balaban J connectivity index is 2.16. The van der Waals surface area contributed by atoms with Gasteiger partial charge in [-0.1, -0.05) is 30.3 Å². The topological polar surface area (TPSA) is 63.3 Å². The summed E-state index contributed by atoms with van der Waals surface area (Å²) in [5.74, 6) is 1.29. The summed E-state index contributed by atoms with van der Waals surface area (Å²) in [7, 11) is 0. The number of nitrogens with two attached hydrogens (primary N) is 1. The molecule has 0 aliphatic heterocycles. The van der Waals surface area contributed by atoms with Crippen molar-refractivity contribution in [1.29, 1.82) is 0 Å². The number of benzene rings is 1. The lowest BCUT2D eigenvalue weighted by atomic mass is 10.0. The van der Waals surface area contributed by atoms with E-state index in [1.54, 1.807) is 0 Å². The fraction of sp³-hybridized carbons (Fsp3) is 0.462. The van der Waals surface area contributed by atoms with Crippen molar-refractivity contribution >= 4 is 17.7 Å². The average molecular weight is 253 g/mol. The van der Waals surface area contributed by atoms with Gasteiger partial charge in [0, 0.05) is 12.2 Å². The molecule has 1 aromatic carbocycles. The molecule has 0 aliphatic carbocycles. The molecule has 0 heterocycles. The first kappa shape index (κ1) is 14.1. The minimum Gasteiger partial charge on any atom is -0.481 e. The molecule has 4 heteroatoms. The third-order valence-corrected chi connectivity index (χ3v) is 3.64. The van der Waals surface area contributed by atoms with Crippen LogP contribution in [-0.4, -0.2) is 23.4 Å². The predicted octanol–water partition coefficient (Wildman–Crippen LogP) is 2.36. The Kier molecular flexibility index (Phi) is 6.74. The molecule has 0 radical (unpaired) electrons. The van der Waals surface area contributed by atoms with Crippen LogP contribution in [0.3, 0.4) is 0 Å². The van der Waals surface area contributed by atoms with Gasteiger partial charge in [-0.2, -0.15) is 11.8 Å². The summed E-state index contributed by atoms with van der Waals surface area (Å²) in [4.78, 5) is 10.6. The molecule has 0 saturated heterocycles. The maximum Gasteiger partial charge on any atom is 0.303 e. The number of thioether (sulfide) groups is 1. The van der Waals surface area contributed by atoms with Crippen molar-refractivity contribution < 1.29 is 9.90 Å². The second-order valence-corrected chi connectivity index (χ2v) is 5.13. The third kappa shape index (κ3) is 6.34. The summed E-state index contributed by atoms with van der Waals surface area (Å²) in [6.45, 7) is 0.457. The van der Waals surface area contributed by atoms with E-state index in [0.29, 0.717) is 6.54 Å². The molecular formula is C13H19NO2S. The lowest BCUT2D eigenvalue weighted by molar-refractivity contribution is -0.138. The van der Waals surface area contributed by atoms with Crippen LogP contribution in [0.15, 0.2) is 30.3 Å². The molecule has 0 fully saturated rings. The van der Waals surface area contributed by atoms with E-state index in [-0.39, 0.29) is 12.3 Å². The van der Waals surface area contributed by atoms with Crippen molar-refractivity contribution in [3.05, 3.63) is 35.9 Å². The first-order chi connectivity index (χ1) is 8.22. The summed E-state index contributed by atoms with van der Waals surface area (Å²) >= 11 is 1.83. The van der Waals surface area contributed by atoms with Gasteiger partial charge in [0.1, 0.15) is 0 Å². The van der Waals surface area contributed by atoms with E-state index in [1.807, 2.05) is 30.0 Å². The summed E-state index contributed by atoms with van der Waals surface area (Å²) in [6.07, 6.45) is 1.06. The van der Waals surface area contributed by atoms with Crippen LogP contribution < -0.4 is 5.73 Å². The van der Waals surface area contributed by atoms with Crippen molar-refractivity contribution in [3.8, 4) is 0 Å². The summed E-state index contributed by atoms with van der Waals surface area (Å²) < 4.78 is 0. The zero-order valence-corrected chi connectivity index (χ0v) is 10.7. The Labute approximate surface area is 106 Å². The highest BCUT2D eigenvalue weighted by atomic mass is 32.2. The van der Waals surface area contributed by atoms with Crippen LogP contribution in [-0.2, 0) is 10.5 Å². The van der Waals surface area contributed by atoms with E-state index < -0.39 is 5.97 Å². The highest BCUT2D eigenvalue weighted by Crippen LogP contribution is 2.16. The van der Waals surface area contributed by atoms with E-state index in [1.165, 1.54) is 5.56 Å². The highest BCUT2D eigenvalue weighted by molar-refractivity contribution is 7.98. The van der Waals surface area contributed by atoms with Gasteiger partial charge in [-0.3, -0.25) is 4.79 Å². The molecule has 3 nitrogen and oxygen atoms in total. The maximum absolute atomic E-state index is 10.6. The molecular weight excluding hydrogens is 234 g/mol. The van der Waals surface area contributed by atoms with Crippen LogP contribution in [0.4, 0.5) is 0 Å². The van der Waals surface area contributed by atoms with Gasteiger partial charge in [-0.15, -0.1) is 0 Å². The lowest BCUT2D eigenvalue weighted by Gasteiger charge is -2.11. The normalized spacial score (nSPS) is 12.3. The number of carbonyl (C=O) groups is 1. The van der Waals surface area contributed by atoms with Crippen LogP contribution in [0.25, 0.3) is 0 Å². The van der Waals surface area contributed by atoms with Gasteiger partial charge in [0.2, 0.25) is 0 Å². The zero-order valence-electron chi connectivity index (χ0n) is 9.84. The van der Waals surface area contributed by atoms with E-state index in [9.17, 15) is 4.79 Å². The molecule has 3 N–H and O–H groups in total. The van der Waals surface area contributed by atoms with Gasteiger partial charge in [0.15, 0.2) is 0 Å². The van der Waals surface area contributed by atoms with Gasteiger partial charge < -0.3 is 10.8 Å². The molecule has 17 heavy (non-hydrogen) atoms. The molecule has 0 saturated carbocycles. The molecule has 1 atom stereocenters. The molecule has 1 rings (SSSR count). The Morgan fingerprint density at radius 3 is 2.65 bits per heavy atom. The molecule has 1 aromatic rings. The Bertz CT molecular complexity index is 329. The van der Waals surface area contributed by atoms with Gasteiger partial charge in [-0.25, -0.2) is 0 Å². The minimum absolute atomic E-state index is 0.107. The first-order valence-electron chi connectivity index (χ1n) is 5.76. The fourth-order valence-electron chi connectivity index (χ4n) is 1.56. The Morgan fingerprint density at radius 1 is 1.35 bits per heavy atom. The Hall–Kier alpha value is -1.00. The largest absolute Gasteiger partial charge is 0.481 e. The van der Waals surface area contributed by atoms with Crippen molar-refractivity contribution in [1.82, 2.24) is 0 Å². The molecule has 0 spiro atoms. The molecule has 0 bridgehead atoms. The van der Waals surface area contributed by atoms with E-state index in [0.717, 1.165) is 17.9 Å². The number of carboxylic acid groups (broad SMARTS) is 1. The molecule has 0 aromatic heterocycles. The van der Waals surface area contributed by atoms with E-state index >= 15 is 0 Å². The number of rotatable bonds is 8. The zero-order chi connectivity index (χ0) is 12.5. The predicted molar refractivity (Wildman–Crippen MR) is 72.0 cm³/mol. The van der Waals surface area contributed by atoms with Crippen LogP contribution in [0.2, 0.25) is 0 Å². The van der Waals surface area contributed by atoms with Crippen molar-refractivity contribution in [2.75, 3.05) is 12.3 Å². The molecule has 94 valence electrons. The molecule has 1 unspecified atom stereocenters. The monoisotopic (exact) mass is 253 g/mol. The van der Waals surface area contributed by atoms with Crippen LogP contribution in [0.5, 0.6) is 0 Å². The summed E-state index contributed by atoms with van der Waals surface area (Å²) in [6, 6.07) is 10.3. The standard InChI is InChI=1S/C13H19NO2S/c14-9-12(8-13(15)16)6-7-17-10-11-4-2-1-3-5-11/h1-5,12H,6-10,14H2,(H,15,16). The van der Waals surface area contributed by atoms with Gasteiger partial charge >= 0.3 is 5.97 Å². The van der Waals surface area contributed by atoms with E-state index in [4.69, 9.17) is 10.8 Å². The average Bonchev–Trinajstić information content (AvgIpc) is 2.34. The fourth-order valence-corrected chi connectivity index (χ4v) is 2.64. The van der Waals surface area contributed by atoms with Gasteiger partial charge in [0.05, 0.1) is 0 Å². The SMILES string of the molecule is NCC(CCSCc1ccccc1)CC(=O)O.